The van der Waals surface area contributed by atoms with Gasteiger partial charge < -0.3 is 0 Å². The Bertz CT molecular complexity index is 328. The molecule has 0 aromatic carbocycles. The Kier molecular flexibility index (Phi) is 3.67. The maximum atomic E-state index is 12.9. The second kappa shape index (κ2) is 4.62. The molecule has 0 atom stereocenters. The molecule has 0 aromatic rings. The van der Waals surface area contributed by atoms with Crippen LogP contribution in [0.2, 0.25) is 0 Å². The summed E-state index contributed by atoms with van der Waals surface area (Å²) in [6, 6.07) is 0. The Labute approximate surface area is 113 Å². The molecule has 0 unspecified atom stereocenters. The van der Waals surface area contributed by atoms with Crippen molar-refractivity contribution >= 4 is 0 Å². The summed E-state index contributed by atoms with van der Waals surface area (Å²) in [4.78, 5) is 3.98. The van der Waals surface area contributed by atoms with Crippen molar-refractivity contribution in [1.29, 1.82) is 0 Å². The van der Waals surface area contributed by atoms with Crippen LogP contribution in [0.25, 0.3) is 0 Å². The average Bonchev–Trinajstić information content (AvgIpc) is 2.19. The zero-order valence-electron chi connectivity index (χ0n) is 12.3. The molecule has 2 saturated heterocycles. The van der Waals surface area contributed by atoms with Crippen LogP contribution < -0.4 is 0 Å². The van der Waals surface area contributed by atoms with Crippen molar-refractivity contribution in [1.82, 2.24) is 9.80 Å². The van der Waals surface area contributed by atoms with E-state index >= 15 is 0 Å². The third-order valence-electron chi connectivity index (χ3n) is 4.74. The van der Waals surface area contributed by atoms with E-state index < -0.39 is 12.1 Å². The van der Waals surface area contributed by atoms with Gasteiger partial charge in [0.15, 0.2) is 0 Å². The summed E-state index contributed by atoms with van der Waals surface area (Å²) in [7, 11) is 0. The van der Waals surface area contributed by atoms with Crippen molar-refractivity contribution in [2.24, 2.45) is 0 Å². The Morgan fingerprint density at radius 3 is 1.74 bits per heavy atom. The van der Waals surface area contributed by atoms with E-state index in [1.54, 1.807) is 0 Å². The molecule has 0 N–H and O–H groups in total. The summed E-state index contributed by atoms with van der Waals surface area (Å²) in [5, 5.41) is 0. The van der Waals surface area contributed by atoms with Crippen molar-refractivity contribution in [3.8, 4) is 0 Å². The highest BCUT2D eigenvalue weighted by molar-refractivity contribution is 4.98. The van der Waals surface area contributed by atoms with Gasteiger partial charge in [-0.25, -0.2) is 13.2 Å². The molecular weight excluding hydrogens is 253 g/mol. The van der Waals surface area contributed by atoms with Gasteiger partial charge in [-0.05, 0) is 40.5 Å². The van der Waals surface area contributed by atoms with E-state index in [0.29, 0.717) is 13.1 Å². The normalized spacial score (nSPS) is 26.1. The molecule has 0 bridgehead atoms. The first-order valence-electron chi connectivity index (χ1n) is 7.04. The van der Waals surface area contributed by atoms with Gasteiger partial charge in [0.2, 0.25) is 0 Å². The van der Waals surface area contributed by atoms with Crippen LogP contribution in [-0.4, -0.2) is 59.2 Å². The maximum Gasteiger partial charge on any atom is 0.272 e. The van der Waals surface area contributed by atoms with Gasteiger partial charge in [0.25, 0.3) is 5.92 Å². The number of rotatable bonds is 5. The third kappa shape index (κ3) is 3.24. The molecule has 2 rings (SSSR count). The zero-order valence-corrected chi connectivity index (χ0v) is 12.3. The summed E-state index contributed by atoms with van der Waals surface area (Å²) in [6.45, 7) is 9.02. The number of halogens is 3. The van der Waals surface area contributed by atoms with E-state index in [0.717, 1.165) is 12.8 Å². The Morgan fingerprint density at radius 2 is 1.37 bits per heavy atom. The molecule has 112 valence electrons. The summed E-state index contributed by atoms with van der Waals surface area (Å²) in [5.74, 6) is -2.51. The fourth-order valence-electron chi connectivity index (χ4n) is 2.79. The molecule has 2 heterocycles. The Morgan fingerprint density at radius 1 is 0.947 bits per heavy atom. The Hall–Kier alpha value is -0.290. The molecular formula is C14H25F3N2. The molecule has 0 amide bonds. The highest BCUT2D eigenvalue weighted by Gasteiger charge is 2.49. The topological polar surface area (TPSA) is 6.48 Å². The van der Waals surface area contributed by atoms with Gasteiger partial charge in [0.1, 0.15) is 6.17 Å². The number of nitrogens with zero attached hydrogens (tertiary/aromatic N) is 2. The molecule has 0 aliphatic carbocycles. The van der Waals surface area contributed by atoms with Crippen molar-refractivity contribution in [2.45, 2.75) is 63.7 Å². The highest BCUT2D eigenvalue weighted by atomic mass is 19.3. The van der Waals surface area contributed by atoms with Gasteiger partial charge in [-0.15, -0.1) is 0 Å². The maximum absolute atomic E-state index is 12.9. The first-order valence-corrected chi connectivity index (χ1v) is 7.04. The van der Waals surface area contributed by atoms with Crippen LogP contribution in [0.15, 0.2) is 0 Å². The second-order valence-corrected chi connectivity index (χ2v) is 7.34. The summed E-state index contributed by atoms with van der Waals surface area (Å²) in [5.41, 5.74) is -0.258. The number of alkyl halides is 3. The Balaban J connectivity index is 1.81. The molecule has 0 aromatic heterocycles. The molecule has 5 heteroatoms. The number of hydrogen-bond donors (Lipinski definition) is 0. The van der Waals surface area contributed by atoms with E-state index in [9.17, 15) is 13.2 Å². The van der Waals surface area contributed by atoms with Crippen LogP contribution in [0, 0.1) is 0 Å². The fourth-order valence-corrected chi connectivity index (χ4v) is 2.79. The first kappa shape index (κ1) is 15.1. The van der Waals surface area contributed by atoms with E-state index in [-0.39, 0.29) is 24.2 Å². The van der Waals surface area contributed by atoms with Crippen LogP contribution in [0.1, 0.15) is 40.5 Å². The van der Waals surface area contributed by atoms with E-state index in [4.69, 9.17) is 0 Å². The molecule has 0 spiro atoms. The van der Waals surface area contributed by atoms with Crippen LogP contribution in [0.4, 0.5) is 13.2 Å². The molecule has 0 radical (unpaired) electrons. The van der Waals surface area contributed by atoms with E-state index in [2.05, 4.69) is 18.7 Å². The monoisotopic (exact) mass is 278 g/mol. The van der Waals surface area contributed by atoms with Crippen molar-refractivity contribution < 1.29 is 13.2 Å². The van der Waals surface area contributed by atoms with E-state index in [1.165, 1.54) is 0 Å². The van der Waals surface area contributed by atoms with Gasteiger partial charge in [0, 0.05) is 24.2 Å². The van der Waals surface area contributed by atoms with Crippen LogP contribution in [0.5, 0.6) is 0 Å². The molecule has 0 saturated carbocycles. The van der Waals surface area contributed by atoms with Crippen LogP contribution >= 0.6 is 0 Å². The van der Waals surface area contributed by atoms with E-state index in [1.807, 2.05) is 18.7 Å². The van der Waals surface area contributed by atoms with Crippen LogP contribution in [0.3, 0.4) is 0 Å². The lowest BCUT2D eigenvalue weighted by atomic mass is 9.84. The minimum absolute atomic E-state index is 0.0484. The standard InChI is InChI=1S/C14H25F3N2/c1-12(2,18-7-11(15)8-18)5-6-13(3,4)19-9-14(16,17)10-19/h11H,5-10H2,1-4H3. The van der Waals surface area contributed by atoms with Crippen molar-refractivity contribution in [3.05, 3.63) is 0 Å². The summed E-state index contributed by atoms with van der Waals surface area (Å²) in [6.07, 6.45) is 1.06. The zero-order chi connectivity index (χ0) is 14.5. The van der Waals surface area contributed by atoms with Gasteiger partial charge in [-0.3, -0.25) is 9.80 Å². The average molecular weight is 278 g/mol. The van der Waals surface area contributed by atoms with Gasteiger partial charge in [-0.2, -0.15) is 0 Å². The van der Waals surface area contributed by atoms with Crippen molar-refractivity contribution in [2.75, 3.05) is 26.2 Å². The molecule has 2 nitrogen and oxygen atoms in total. The predicted octanol–water partition coefficient (Wildman–Crippen LogP) is 2.93. The largest absolute Gasteiger partial charge is 0.292 e. The molecule has 2 aliphatic rings. The minimum atomic E-state index is -2.51. The fraction of sp³-hybridized carbons (Fsp3) is 1.00. The SMILES string of the molecule is CC(C)(CCC(C)(C)N1CC(F)(F)C1)N1CC(F)C1. The van der Waals surface area contributed by atoms with Crippen molar-refractivity contribution in [3.63, 3.8) is 0 Å². The highest BCUT2D eigenvalue weighted by Crippen LogP contribution is 2.37. The third-order valence-corrected chi connectivity index (χ3v) is 4.74. The lowest BCUT2D eigenvalue weighted by Gasteiger charge is -2.51. The smallest absolute Gasteiger partial charge is 0.272 e. The molecule has 2 fully saturated rings. The van der Waals surface area contributed by atoms with Gasteiger partial charge >= 0.3 is 0 Å². The number of likely N-dealkylation sites (tertiary alicyclic amines) is 2. The molecule has 2 aliphatic heterocycles. The quantitative estimate of drug-likeness (QED) is 0.763. The number of hydrogen-bond acceptors (Lipinski definition) is 2. The van der Waals surface area contributed by atoms with Gasteiger partial charge in [0.05, 0.1) is 13.1 Å². The second-order valence-electron chi connectivity index (χ2n) is 7.34. The van der Waals surface area contributed by atoms with Crippen LogP contribution in [-0.2, 0) is 0 Å². The lowest BCUT2D eigenvalue weighted by molar-refractivity contribution is -0.166. The molecule has 19 heavy (non-hydrogen) atoms. The van der Waals surface area contributed by atoms with Gasteiger partial charge in [-0.1, -0.05) is 0 Å². The predicted molar refractivity (Wildman–Crippen MR) is 70.4 cm³/mol. The minimum Gasteiger partial charge on any atom is -0.292 e. The lowest BCUT2D eigenvalue weighted by Crippen LogP contribution is -2.64. The first-order chi connectivity index (χ1) is 8.52. The summed E-state index contributed by atoms with van der Waals surface area (Å²) < 4.78 is 38.8. The summed E-state index contributed by atoms with van der Waals surface area (Å²) >= 11 is 0.